The van der Waals surface area contributed by atoms with Crippen LogP contribution < -0.4 is 0 Å². The van der Waals surface area contributed by atoms with Crippen molar-refractivity contribution in [2.75, 3.05) is 0 Å². The predicted octanol–water partition coefficient (Wildman–Crippen LogP) is 2.67. The van der Waals surface area contributed by atoms with Crippen LogP contribution in [0.4, 0.5) is 4.79 Å². The van der Waals surface area contributed by atoms with Gasteiger partial charge in [-0.15, -0.1) is 0 Å². The highest BCUT2D eigenvalue weighted by Crippen LogP contribution is 2.37. The van der Waals surface area contributed by atoms with Crippen LogP contribution in [-0.4, -0.2) is 34.5 Å². The van der Waals surface area contributed by atoms with Crippen molar-refractivity contribution in [2.24, 2.45) is 0 Å². The van der Waals surface area contributed by atoms with Crippen LogP contribution in [0.15, 0.2) is 11.6 Å². The maximum Gasteiger partial charge on any atom is 0.411 e. The highest BCUT2D eigenvalue weighted by Gasteiger charge is 2.43. The monoisotopic (exact) mass is 251 g/mol. The molecule has 0 spiro atoms. The van der Waals surface area contributed by atoms with E-state index < -0.39 is 5.60 Å². The minimum Gasteiger partial charge on any atom is -0.444 e. The Morgan fingerprint density at radius 1 is 1.33 bits per heavy atom. The number of carbonyl (C=O) groups is 2. The number of nitrogens with zero attached hydrogens (tertiary/aromatic N) is 1. The second-order valence-electron chi connectivity index (χ2n) is 6.09. The largest absolute Gasteiger partial charge is 0.444 e. The van der Waals surface area contributed by atoms with Crippen molar-refractivity contribution in [3.05, 3.63) is 11.6 Å². The van der Waals surface area contributed by atoms with E-state index in [0.717, 1.165) is 24.8 Å². The van der Waals surface area contributed by atoms with Crippen molar-refractivity contribution in [3.8, 4) is 0 Å². The number of ketones is 1. The Balaban J connectivity index is 2.18. The molecule has 0 aromatic rings. The zero-order chi connectivity index (χ0) is 13.5. The van der Waals surface area contributed by atoms with Crippen LogP contribution in [0.25, 0.3) is 0 Å². The van der Waals surface area contributed by atoms with Crippen molar-refractivity contribution in [2.45, 2.75) is 64.6 Å². The second kappa shape index (κ2) is 4.41. The summed E-state index contributed by atoms with van der Waals surface area (Å²) in [5.41, 5.74) is 0.281. The lowest BCUT2D eigenvalue weighted by Gasteiger charge is -2.35. The summed E-state index contributed by atoms with van der Waals surface area (Å²) in [6, 6.07) is 0.129. The average molecular weight is 251 g/mol. The number of ether oxygens (including phenoxy) is 1. The molecule has 4 nitrogen and oxygen atoms in total. The van der Waals surface area contributed by atoms with Gasteiger partial charge < -0.3 is 4.74 Å². The van der Waals surface area contributed by atoms with E-state index in [1.165, 1.54) is 0 Å². The Bertz CT molecular complexity index is 406. The average Bonchev–Trinajstić information content (AvgIpc) is 2.49. The zero-order valence-corrected chi connectivity index (χ0v) is 11.5. The van der Waals surface area contributed by atoms with E-state index in [9.17, 15) is 9.59 Å². The number of hydrogen-bond donors (Lipinski definition) is 0. The van der Waals surface area contributed by atoms with Gasteiger partial charge in [0.25, 0.3) is 0 Å². The van der Waals surface area contributed by atoms with E-state index in [0.29, 0.717) is 0 Å². The van der Waals surface area contributed by atoms with Gasteiger partial charge in [0.05, 0.1) is 6.04 Å². The van der Waals surface area contributed by atoms with E-state index in [-0.39, 0.29) is 24.0 Å². The summed E-state index contributed by atoms with van der Waals surface area (Å²) in [7, 11) is 0. The lowest BCUT2D eigenvalue weighted by Crippen LogP contribution is -2.47. The fraction of sp³-hybridized carbons (Fsp3) is 0.714. The smallest absolute Gasteiger partial charge is 0.411 e. The third-order valence-electron chi connectivity index (χ3n) is 3.48. The molecule has 2 heterocycles. The standard InChI is InChI=1S/C14H21NO3/c1-9(16)11-7-5-10-6-8-12(11)15(10)13(17)18-14(2,3)4/h7,10,12H,5-6,8H2,1-4H3/t10-,12-/m0/s1. The van der Waals surface area contributed by atoms with Gasteiger partial charge in [0.2, 0.25) is 0 Å². The van der Waals surface area contributed by atoms with Crippen LogP contribution in [0.2, 0.25) is 0 Å². The summed E-state index contributed by atoms with van der Waals surface area (Å²) in [6.07, 6.45) is 4.30. The van der Waals surface area contributed by atoms with Gasteiger partial charge in [0.1, 0.15) is 5.60 Å². The molecule has 0 aromatic heterocycles. The van der Waals surface area contributed by atoms with Gasteiger partial charge in [0, 0.05) is 11.6 Å². The molecule has 0 saturated carbocycles. The van der Waals surface area contributed by atoms with E-state index in [4.69, 9.17) is 4.74 Å². The van der Waals surface area contributed by atoms with Gasteiger partial charge in [-0.2, -0.15) is 0 Å². The quantitative estimate of drug-likeness (QED) is 0.719. The summed E-state index contributed by atoms with van der Waals surface area (Å²) in [6.45, 7) is 7.15. The van der Waals surface area contributed by atoms with Crippen molar-refractivity contribution >= 4 is 11.9 Å². The Labute approximate surface area is 108 Å². The third-order valence-corrected chi connectivity index (χ3v) is 3.48. The van der Waals surface area contributed by atoms with Crippen LogP contribution in [0.1, 0.15) is 47.0 Å². The number of hydrogen-bond acceptors (Lipinski definition) is 3. The highest BCUT2D eigenvalue weighted by molar-refractivity contribution is 5.95. The van der Waals surface area contributed by atoms with Crippen molar-refractivity contribution in [1.29, 1.82) is 0 Å². The van der Waals surface area contributed by atoms with Crippen LogP contribution in [0.5, 0.6) is 0 Å². The van der Waals surface area contributed by atoms with Gasteiger partial charge in [-0.25, -0.2) is 4.79 Å². The first-order valence-corrected chi connectivity index (χ1v) is 6.52. The molecule has 0 aromatic carbocycles. The molecule has 1 saturated heterocycles. The molecule has 0 N–H and O–H groups in total. The molecule has 18 heavy (non-hydrogen) atoms. The summed E-state index contributed by atoms with van der Waals surface area (Å²) < 4.78 is 5.43. The lowest BCUT2D eigenvalue weighted by atomic mass is 9.98. The van der Waals surface area contributed by atoms with Crippen molar-refractivity contribution in [1.82, 2.24) is 4.90 Å². The van der Waals surface area contributed by atoms with Crippen LogP contribution >= 0.6 is 0 Å². The van der Waals surface area contributed by atoms with E-state index in [1.807, 2.05) is 26.8 Å². The normalized spacial score (nSPS) is 26.9. The Kier molecular flexibility index (Phi) is 3.21. The molecule has 0 aliphatic carbocycles. The SMILES string of the molecule is CC(=O)C1=CC[C@H]2CC[C@@H]1N2C(=O)OC(C)(C)C. The molecular weight excluding hydrogens is 230 g/mol. The molecule has 4 heteroatoms. The van der Waals surface area contributed by atoms with Gasteiger partial charge in [-0.1, -0.05) is 6.08 Å². The zero-order valence-electron chi connectivity index (χ0n) is 11.5. The maximum atomic E-state index is 12.2. The Hall–Kier alpha value is -1.32. The molecule has 2 bridgehead atoms. The predicted molar refractivity (Wildman–Crippen MR) is 68.3 cm³/mol. The van der Waals surface area contributed by atoms with Gasteiger partial charge >= 0.3 is 6.09 Å². The first kappa shape index (κ1) is 13.1. The summed E-state index contributed by atoms with van der Waals surface area (Å²) in [5, 5.41) is 0. The van der Waals surface area contributed by atoms with Gasteiger partial charge in [0.15, 0.2) is 5.78 Å². The maximum absolute atomic E-state index is 12.2. The molecule has 1 fully saturated rings. The summed E-state index contributed by atoms with van der Waals surface area (Å²) in [5.74, 6) is 0.0638. The van der Waals surface area contributed by atoms with Crippen molar-refractivity contribution < 1.29 is 14.3 Å². The molecule has 2 aliphatic heterocycles. The first-order valence-electron chi connectivity index (χ1n) is 6.52. The summed E-state index contributed by atoms with van der Waals surface area (Å²) >= 11 is 0. The molecule has 0 unspecified atom stereocenters. The minimum absolute atomic E-state index is 0.0638. The highest BCUT2D eigenvalue weighted by atomic mass is 16.6. The van der Waals surface area contributed by atoms with Crippen molar-refractivity contribution in [3.63, 3.8) is 0 Å². The molecule has 0 radical (unpaired) electrons. The number of amides is 1. The second-order valence-corrected chi connectivity index (χ2v) is 6.09. The van der Waals surface area contributed by atoms with Crippen LogP contribution in [0.3, 0.4) is 0 Å². The lowest BCUT2D eigenvalue weighted by molar-refractivity contribution is -0.114. The number of fused-ring (bicyclic) bond motifs is 2. The molecular formula is C14H21NO3. The molecule has 100 valence electrons. The molecule has 2 atom stereocenters. The van der Waals surface area contributed by atoms with Crippen LogP contribution in [0, 0.1) is 0 Å². The van der Waals surface area contributed by atoms with E-state index in [2.05, 4.69) is 0 Å². The third kappa shape index (κ3) is 2.42. The Morgan fingerprint density at radius 2 is 2.00 bits per heavy atom. The first-order chi connectivity index (χ1) is 8.29. The number of carbonyl (C=O) groups excluding carboxylic acids is 2. The summed E-state index contributed by atoms with van der Waals surface area (Å²) in [4.78, 5) is 25.6. The number of rotatable bonds is 1. The topological polar surface area (TPSA) is 46.6 Å². The fourth-order valence-electron chi connectivity index (χ4n) is 2.79. The minimum atomic E-state index is -0.492. The molecule has 1 amide bonds. The van der Waals surface area contributed by atoms with Gasteiger partial charge in [-0.05, 0) is 47.0 Å². The van der Waals surface area contributed by atoms with E-state index >= 15 is 0 Å². The van der Waals surface area contributed by atoms with Crippen LogP contribution in [-0.2, 0) is 9.53 Å². The Morgan fingerprint density at radius 3 is 2.56 bits per heavy atom. The molecule has 2 rings (SSSR count). The number of Topliss-reactive ketones (excluding diaryl/α,β-unsaturated/α-hetero) is 1. The fourth-order valence-corrected chi connectivity index (χ4v) is 2.79. The molecule has 2 aliphatic rings. The van der Waals surface area contributed by atoms with E-state index in [1.54, 1.807) is 11.8 Å². The van der Waals surface area contributed by atoms with Gasteiger partial charge in [-0.3, -0.25) is 9.69 Å².